The molecule has 0 atom stereocenters. The fourth-order valence-corrected chi connectivity index (χ4v) is 3.27. The van der Waals surface area contributed by atoms with Gasteiger partial charge >= 0.3 is 0 Å². The summed E-state index contributed by atoms with van der Waals surface area (Å²) in [4.78, 5) is 31.3. The van der Waals surface area contributed by atoms with Gasteiger partial charge in [0.2, 0.25) is 5.88 Å². The van der Waals surface area contributed by atoms with Gasteiger partial charge in [-0.1, -0.05) is 48.5 Å². The van der Waals surface area contributed by atoms with Crippen molar-refractivity contribution in [1.82, 2.24) is 10.0 Å². The number of benzene rings is 3. The molecule has 0 unspecified atom stereocenters. The number of fused-ring (bicyclic) bond motifs is 1. The molecule has 0 aliphatic heterocycles. The maximum atomic E-state index is 13.9. The summed E-state index contributed by atoms with van der Waals surface area (Å²) in [5.41, 5.74) is 0.307. The van der Waals surface area contributed by atoms with Crippen molar-refractivity contribution in [2.45, 2.75) is 13.2 Å². The van der Waals surface area contributed by atoms with Crippen molar-refractivity contribution >= 4 is 16.7 Å². The first-order chi connectivity index (χ1) is 15.4. The Balaban J connectivity index is 1.72. The van der Waals surface area contributed by atoms with Crippen LogP contribution in [0.2, 0.25) is 0 Å². The Labute approximate surface area is 181 Å². The van der Waals surface area contributed by atoms with E-state index in [-0.39, 0.29) is 29.5 Å². The third-order valence-corrected chi connectivity index (χ3v) is 4.88. The summed E-state index contributed by atoms with van der Waals surface area (Å²) < 4.78 is 27.5. The van der Waals surface area contributed by atoms with Gasteiger partial charge in [0, 0.05) is 11.9 Å². The highest BCUT2D eigenvalue weighted by Gasteiger charge is 2.23. The van der Waals surface area contributed by atoms with Crippen molar-refractivity contribution in [3.63, 3.8) is 0 Å². The van der Waals surface area contributed by atoms with E-state index in [0.29, 0.717) is 10.3 Å². The predicted molar refractivity (Wildman–Crippen MR) is 114 cm³/mol. The molecule has 0 spiro atoms. The Morgan fingerprint density at radius 2 is 1.59 bits per heavy atom. The second-order valence-corrected chi connectivity index (χ2v) is 7.06. The van der Waals surface area contributed by atoms with Crippen LogP contribution >= 0.6 is 0 Å². The summed E-state index contributed by atoms with van der Waals surface area (Å²) in [6, 6.07) is 17.8. The monoisotopic (exact) mass is 436 g/mol. The molecule has 0 saturated heterocycles. The summed E-state index contributed by atoms with van der Waals surface area (Å²) >= 11 is 0. The molecule has 0 saturated carbocycles. The van der Waals surface area contributed by atoms with Gasteiger partial charge in [0.1, 0.15) is 23.8 Å². The van der Waals surface area contributed by atoms with Gasteiger partial charge in [0.25, 0.3) is 11.5 Å². The zero-order valence-corrected chi connectivity index (χ0v) is 16.7. The second kappa shape index (κ2) is 8.89. The van der Waals surface area contributed by atoms with E-state index < -0.39 is 29.0 Å². The lowest BCUT2D eigenvalue weighted by atomic mass is 10.1. The van der Waals surface area contributed by atoms with Crippen LogP contribution in [0.4, 0.5) is 8.78 Å². The van der Waals surface area contributed by atoms with Gasteiger partial charge in [-0.15, -0.1) is 4.73 Å². The highest BCUT2D eigenvalue weighted by Crippen LogP contribution is 2.25. The van der Waals surface area contributed by atoms with E-state index in [4.69, 9.17) is 4.84 Å². The largest absolute Gasteiger partial charge is 0.492 e. The van der Waals surface area contributed by atoms with E-state index in [9.17, 15) is 23.5 Å². The van der Waals surface area contributed by atoms with Crippen LogP contribution in [0.1, 0.15) is 21.5 Å². The topological polar surface area (TPSA) is 80.6 Å². The number of rotatable bonds is 6. The van der Waals surface area contributed by atoms with Gasteiger partial charge < -0.3 is 15.3 Å². The normalized spacial score (nSPS) is 10.8. The highest BCUT2D eigenvalue weighted by atomic mass is 19.1. The minimum Gasteiger partial charge on any atom is -0.492 e. The van der Waals surface area contributed by atoms with Crippen molar-refractivity contribution in [2.24, 2.45) is 0 Å². The molecule has 8 heteroatoms. The van der Waals surface area contributed by atoms with Crippen LogP contribution in [0, 0.1) is 11.6 Å². The Morgan fingerprint density at radius 3 is 2.31 bits per heavy atom. The Bertz CT molecular complexity index is 1340. The predicted octanol–water partition coefficient (Wildman–Crippen LogP) is 3.54. The molecular formula is C24H18F2N2O4. The summed E-state index contributed by atoms with van der Waals surface area (Å²) in [6.07, 6.45) is 0. The molecule has 6 nitrogen and oxygen atoms in total. The number of hydrogen-bond acceptors (Lipinski definition) is 4. The number of pyridine rings is 1. The molecule has 0 aliphatic carbocycles. The van der Waals surface area contributed by atoms with Crippen molar-refractivity contribution in [3.8, 4) is 5.88 Å². The first-order valence-electron chi connectivity index (χ1n) is 9.71. The number of carbonyl (C=O) groups excluding carboxylic acids is 1. The Hall–Kier alpha value is -4.20. The molecule has 162 valence electrons. The molecule has 3 aromatic carbocycles. The zero-order valence-electron chi connectivity index (χ0n) is 16.7. The standard InChI is InChI=1S/C24H18F2N2O4/c25-17-8-6-15(7-9-17)13-27-22(29)21-19-11-10-18(26)12-20(19)23(30)28(24(21)31)32-14-16-4-2-1-3-5-16/h1-12,31H,13-14H2,(H,27,29). The van der Waals surface area contributed by atoms with E-state index in [0.717, 1.165) is 17.7 Å². The summed E-state index contributed by atoms with van der Waals surface area (Å²) in [7, 11) is 0. The van der Waals surface area contributed by atoms with Gasteiger partial charge in [-0.05, 0) is 35.4 Å². The molecule has 0 bridgehead atoms. The lowest BCUT2D eigenvalue weighted by molar-refractivity contribution is 0.0698. The Kier molecular flexibility index (Phi) is 5.85. The first-order valence-corrected chi connectivity index (χ1v) is 9.71. The fraction of sp³-hybridized carbons (Fsp3) is 0.0833. The van der Waals surface area contributed by atoms with Crippen molar-refractivity contribution < 1.29 is 23.5 Å². The number of halogens is 2. The number of nitrogens with one attached hydrogen (secondary N) is 1. The number of aromatic nitrogens is 1. The second-order valence-electron chi connectivity index (χ2n) is 7.06. The molecule has 1 heterocycles. The van der Waals surface area contributed by atoms with E-state index in [1.54, 1.807) is 24.3 Å². The van der Waals surface area contributed by atoms with Crippen molar-refractivity contribution in [2.75, 3.05) is 0 Å². The van der Waals surface area contributed by atoms with Crippen molar-refractivity contribution in [3.05, 3.63) is 111 Å². The molecule has 0 fully saturated rings. The van der Waals surface area contributed by atoms with E-state index >= 15 is 0 Å². The summed E-state index contributed by atoms with van der Waals surface area (Å²) in [5, 5.41) is 13.3. The number of hydrogen-bond donors (Lipinski definition) is 2. The molecule has 32 heavy (non-hydrogen) atoms. The van der Waals surface area contributed by atoms with Gasteiger partial charge in [-0.2, -0.15) is 0 Å². The van der Waals surface area contributed by atoms with Crippen molar-refractivity contribution in [1.29, 1.82) is 0 Å². The quantitative estimate of drug-likeness (QED) is 0.485. The number of nitrogens with zero attached hydrogens (tertiary/aromatic N) is 1. The Morgan fingerprint density at radius 1 is 0.906 bits per heavy atom. The molecule has 0 radical (unpaired) electrons. The number of amides is 1. The minimum absolute atomic E-state index is 0.0469. The summed E-state index contributed by atoms with van der Waals surface area (Å²) in [6.45, 7) is -0.0169. The molecule has 4 rings (SSSR count). The maximum absolute atomic E-state index is 13.9. The zero-order chi connectivity index (χ0) is 22.7. The number of aromatic hydroxyl groups is 1. The van der Waals surface area contributed by atoms with Crippen LogP contribution in [0.15, 0.2) is 77.6 Å². The molecule has 0 aliphatic rings. The molecule has 4 aromatic rings. The lowest BCUT2D eigenvalue weighted by Gasteiger charge is -2.16. The van der Waals surface area contributed by atoms with Crippen LogP contribution in [-0.2, 0) is 13.2 Å². The van der Waals surface area contributed by atoms with Gasteiger partial charge in [0.15, 0.2) is 0 Å². The molecule has 1 amide bonds. The van der Waals surface area contributed by atoms with Crippen LogP contribution in [0.25, 0.3) is 10.8 Å². The van der Waals surface area contributed by atoms with E-state index in [1.165, 1.54) is 30.3 Å². The molecule has 2 N–H and O–H groups in total. The average Bonchev–Trinajstić information content (AvgIpc) is 2.80. The lowest BCUT2D eigenvalue weighted by Crippen LogP contribution is -2.31. The number of carbonyl (C=O) groups is 1. The third kappa shape index (κ3) is 4.29. The van der Waals surface area contributed by atoms with Gasteiger partial charge in [-0.3, -0.25) is 9.59 Å². The fourth-order valence-electron chi connectivity index (χ4n) is 3.27. The van der Waals surface area contributed by atoms with Crippen LogP contribution in [0.3, 0.4) is 0 Å². The minimum atomic E-state index is -0.803. The summed E-state index contributed by atoms with van der Waals surface area (Å²) in [5.74, 6) is -2.50. The smallest absolute Gasteiger partial charge is 0.294 e. The molecular weight excluding hydrogens is 418 g/mol. The highest BCUT2D eigenvalue weighted by molar-refractivity contribution is 6.08. The SMILES string of the molecule is O=C(NCc1ccc(F)cc1)c1c(O)n(OCc2ccccc2)c(=O)c2cc(F)ccc12. The average molecular weight is 436 g/mol. The van der Waals surface area contributed by atoms with Crippen LogP contribution < -0.4 is 15.7 Å². The molecule has 1 aromatic heterocycles. The van der Waals surface area contributed by atoms with Crippen LogP contribution in [0.5, 0.6) is 5.88 Å². The van der Waals surface area contributed by atoms with Gasteiger partial charge in [-0.25, -0.2) is 8.78 Å². The first kappa shape index (κ1) is 21.0. The van der Waals surface area contributed by atoms with E-state index in [2.05, 4.69) is 5.32 Å². The third-order valence-electron chi connectivity index (χ3n) is 4.88. The maximum Gasteiger partial charge on any atom is 0.294 e. The van der Waals surface area contributed by atoms with Crippen LogP contribution in [-0.4, -0.2) is 15.7 Å². The van der Waals surface area contributed by atoms with Gasteiger partial charge in [0.05, 0.1) is 5.39 Å². The van der Waals surface area contributed by atoms with E-state index in [1.807, 2.05) is 6.07 Å².